The summed E-state index contributed by atoms with van der Waals surface area (Å²) in [7, 11) is 4.07. The van der Waals surface area contributed by atoms with E-state index >= 15 is 0 Å². The van der Waals surface area contributed by atoms with E-state index in [9.17, 15) is 0 Å². The topological polar surface area (TPSA) is 39.1 Å². The summed E-state index contributed by atoms with van der Waals surface area (Å²) in [5.74, 6) is 0. The van der Waals surface area contributed by atoms with Crippen molar-refractivity contribution in [3.8, 4) is 6.07 Å². The van der Waals surface area contributed by atoms with Crippen molar-refractivity contribution >= 4 is 0 Å². The highest BCUT2D eigenvalue weighted by molar-refractivity contribution is 4.89. The zero-order valence-corrected chi connectivity index (χ0v) is 9.01. The summed E-state index contributed by atoms with van der Waals surface area (Å²) in [5, 5.41) is 12.0. The molecule has 0 rings (SSSR count). The lowest BCUT2D eigenvalue weighted by Gasteiger charge is -2.13. The van der Waals surface area contributed by atoms with Crippen LogP contribution in [0.25, 0.3) is 0 Å². The minimum atomic E-state index is 0.0416. The van der Waals surface area contributed by atoms with E-state index in [1.54, 1.807) is 0 Å². The van der Waals surface area contributed by atoms with Gasteiger partial charge in [0.1, 0.15) is 0 Å². The Morgan fingerprint density at radius 3 is 2.62 bits per heavy atom. The normalized spacial score (nSPS) is 12.8. The SMILES string of the molecule is CCCCC(C#N)NCCN(C)C. The fourth-order valence-electron chi connectivity index (χ4n) is 1.08. The molecule has 0 aliphatic rings. The molecule has 0 heterocycles. The lowest BCUT2D eigenvalue weighted by atomic mass is 10.1. The average Bonchev–Trinajstić information content (AvgIpc) is 2.10. The molecule has 0 aromatic heterocycles. The Morgan fingerprint density at radius 1 is 1.46 bits per heavy atom. The van der Waals surface area contributed by atoms with E-state index in [2.05, 4.69) is 23.2 Å². The number of nitrogens with one attached hydrogen (secondary N) is 1. The Bertz CT molecular complexity index is 149. The molecule has 3 nitrogen and oxygen atoms in total. The molecule has 0 aliphatic heterocycles. The van der Waals surface area contributed by atoms with Crippen molar-refractivity contribution in [3.63, 3.8) is 0 Å². The molecule has 0 saturated carbocycles. The second-order valence-electron chi connectivity index (χ2n) is 3.58. The van der Waals surface area contributed by atoms with Gasteiger partial charge in [-0.1, -0.05) is 19.8 Å². The number of hydrogen-bond acceptors (Lipinski definition) is 3. The summed E-state index contributed by atoms with van der Waals surface area (Å²) in [4.78, 5) is 2.11. The van der Waals surface area contributed by atoms with Gasteiger partial charge in [-0.2, -0.15) is 5.26 Å². The first-order valence-electron chi connectivity index (χ1n) is 4.98. The van der Waals surface area contributed by atoms with Gasteiger partial charge >= 0.3 is 0 Å². The maximum Gasteiger partial charge on any atom is 0.0953 e. The molecule has 0 saturated heterocycles. The average molecular weight is 183 g/mol. The Labute approximate surface area is 81.7 Å². The molecule has 13 heavy (non-hydrogen) atoms. The second-order valence-corrected chi connectivity index (χ2v) is 3.58. The van der Waals surface area contributed by atoms with Crippen LogP contribution in [-0.2, 0) is 0 Å². The monoisotopic (exact) mass is 183 g/mol. The van der Waals surface area contributed by atoms with Crippen molar-refractivity contribution in [2.24, 2.45) is 0 Å². The Morgan fingerprint density at radius 2 is 2.15 bits per heavy atom. The molecular weight excluding hydrogens is 162 g/mol. The predicted molar refractivity (Wildman–Crippen MR) is 55.5 cm³/mol. The van der Waals surface area contributed by atoms with Crippen LogP contribution in [0.1, 0.15) is 26.2 Å². The summed E-state index contributed by atoms with van der Waals surface area (Å²) in [6, 6.07) is 2.32. The third-order valence-electron chi connectivity index (χ3n) is 1.95. The first-order valence-corrected chi connectivity index (χ1v) is 4.98. The third-order valence-corrected chi connectivity index (χ3v) is 1.95. The summed E-state index contributed by atoms with van der Waals surface area (Å²) in [6.07, 6.45) is 3.27. The highest BCUT2D eigenvalue weighted by Gasteiger charge is 2.04. The second kappa shape index (κ2) is 8.03. The van der Waals surface area contributed by atoms with Crippen LogP contribution in [0, 0.1) is 11.3 Å². The standard InChI is InChI=1S/C10H21N3/c1-4-5-6-10(9-11)12-7-8-13(2)3/h10,12H,4-8H2,1-3H3. The molecule has 1 atom stereocenters. The molecule has 0 bridgehead atoms. The minimum absolute atomic E-state index is 0.0416. The van der Waals surface area contributed by atoms with Gasteiger partial charge in [-0.25, -0.2) is 0 Å². The van der Waals surface area contributed by atoms with Crippen LogP contribution in [0.2, 0.25) is 0 Å². The lowest BCUT2D eigenvalue weighted by Crippen LogP contribution is -2.33. The number of rotatable bonds is 7. The zero-order valence-electron chi connectivity index (χ0n) is 9.01. The predicted octanol–water partition coefficient (Wildman–Crippen LogP) is 1.22. The fourth-order valence-corrected chi connectivity index (χ4v) is 1.08. The first kappa shape index (κ1) is 12.4. The molecule has 0 radical (unpaired) electrons. The molecular formula is C10H21N3. The van der Waals surface area contributed by atoms with Crippen molar-refractivity contribution < 1.29 is 0 Å². The van der Waals surface area contributed by atoms with Gasteiger partial charge in [-0.15, -0.1) is 0 Å². The van der Waals surface area contributed by atoms with Crippen LogP contribution < -0.4 is 5.32 Å². The van der Waals surface area contributed by atoms with E-state index in [0.717, 1.165) is 32.4 Å². The molecule has 1 N–H and O–H groups in total. The van der Waals surface area contributed by atoms with Gasteiger partial charge in [-0.05, 0) is 20.5 Å². The molecule has 1 unspecified atom stereocenters. The van der Waals surface area contributed by atoms with Crippen molar-refractivity contribution in [2.45, 2.75) is 32.2 Å². The number of hydrogen-bond donors (Lipinski definition) is 1. The van der Waals surface area contributed by atoms with E-state index in [4.69, 9.17) is 5.26 Å². The van der Waals surface area contributed by atoms with E-state index < -0.39 is 0 Å². The Balaban J connectivity index is 3.44. The van der Waals surface area contributed by atoms with E-state index in [1.165, 1.54) is 0 Å². The number of unbranched alkanes of at least 4 members (excludes halogenated alkanes) is 1. The number of nitrogens with zero attached hydrogens (tertiary/aromatic N) is 2. The molecule has 76 valence electrons. The van der Waals surface area contributed by atoms with Crippen LogP contribution in [0.4, 0.5) is 0 Å². The minimum Gasteiger partial charge on any atom is -0.308 e. The maximum absolute atomic E-state index is 8.79. The fraction of sp³-hybridized carbons (Fsp3) is 0.900. The van der Waals surface area contributed by atoms with Gasteiger partial charge in [0.15, 0.2) is 0 Å². The first-order chi connectivity index (χ1) is 6.20. The van der Waals surface area contributed by atoms with Crippen LogP contribution in [0.5, 0.6) is 0 Å². The molecule has 0 aliphatic carbocycles. The zero-order chi connectivity index (χ0) is 10.1. The smallest absolute Gasteiger partial charge is 0.0953 e. The summed E-state index contributed by atoms with van der Waals surface area (Å²) in [6.45, 7) is 4.04. The highest BCUT2D eigenvalue weighted by atomic mass is 15.1. The van der Waals surface area contributed by atoms with E-state index in [-0.39, 0.29) is 6.04 Å². The molecule has 3 heteroatoms. The molecule has 0 aromatic carbocycles. The van der Waals surface area contributed by atoms with Gasteiger partial charge in [0.2, 0.25) is 0 Å². The van der Waals surface area contributed by atoms with Crippen LogP contribution in [0.15, 0.2) is 0 Å². The van der Waals surface area contributed by atoms with Gasteiger partial charge in [0.25, 0.3) is 0 Å². The van der Waals surface area contributed by atoms with Gasteiger partial charge in [0.05, 0.1) is 12.1 Å². The molecule has 0 spiro atoms. The number of likely N-dealkylation sites (N-methyl/N-ethyl adjacent to an activating group) is 1. The molecule has 0 amide bonds. The molecule has 0 fully saturated rings. The molecule has 0 aromatic rings. The van der Waals surface area contributed by atoms with Crippen molar-refractivity contribution in [1.82, 2.24) is 10.2 Å². The Hall–Kier alpha value is -0.590. The summed E-state index contributed by atoms with van der Waals surface area (Å²) < 4.78 is 0. The third kappa shape index (κ3) is 7.76. The summed E-state index contributed by atoms with van der Waals surface area (Å²) >= 11 is 0. The van der Waals surface area contributed by atoms with Crippen LogP contribution >= 0.6 is 0 Å². The van der Waals surface area contributed by atoms with Crippen LogP contribution in [0.3, 0.4) is 0 Å². The quantitative estimate of drug-likeness (QED) is 0.645. The van der Waals surface area contributed by atoms with Crippen molar-refractivity contribution in [3.05, 3.63) is 0 Å². The summed E-state index contributed by atoms with van der Waals surface area (Å²) in [5.41, 5.74) is 0. The van der Waals surface area contributed by atoms with E-state index in [0.29, 0.717) is 0 Å². The van der Waals surface area contributed by atoms with Crippen molar-refractivity contribution in [2.75, 3.05) is 27.2 Å². The maximum atomic E-state index is 8.79. The van der Waals surface area contributed by atoms with Gasteiger partial charge in [-0.3, -0.25) is 0 Å². The van der Waals surface area contributed by atoms with Crippen LogP contribution in [-0.4, -0.2) is 38.1 Å². The Kier molecular flexibility index (Phi) is 7.66. The lowest BCUT2D eigenvalue weighted by molar-refractivity contribution is 0.389. The largest absolute Gasteiger partial charge is 0.308 e. The van der Waals surface area contributed by atoms with Crippen molar-refractivity contribution in [1.29, 1.82) is 5.26 Å². The van der Waals surface area contributed by atoms with E-state index in [1.807, 2.05) is 14.1 Å². The van der Waals surface area contributed by atoms with Gasteiger partial charge in [0, 0.05) is 13.1 Å². The van der Waals surface area contributed by atoms with Gasteiger partial charge < -0.3 is 10.2 Å². The number of nitriles is 1. The highest BCUT2D eigenvalue weighted by Crippen LogP contribution is 1.98.